The summed E-state index contributed by atoms with van der Waals surface area (Å²) in [5.41, 5.74) is 6.98. The maximum absolute atomic E-state index is 12.1. The van der Waals surface area contributed by atoms with Gasteiger partial charge in [0.15, 0.2) is 0 Å². The van der Waals surface area contributed by atoms with E-state index in [1.54, 1.807) is 5.38 Å². The van der Waals surface area contributed by atoms with Gasteiger partial charge in [-0.1, -0.05) is 28.1 Å². The Morgan fingerprint density at radius 2 is 2.29 bits per heavy atom. The lowest BCUT2D eigenvalue weighted by molar-refractivity contribution is 0.0935. The number of nitrogens with zero attached hydrogens (tertiary/aromatic N) is 1. The first-order valence-electron chi connectivity index (χ1n) is 6.31. The van der Waals surface area contributed by atoms with Gasteiger partial charge in [0.05, 0.1) is 11.0 Å². The van der Waals surface area contributed by atoms with E-state index in [9.17, 15) is 4.79 Å². The lowest BCUT2D eigenvalue weighted by Gasteiger charge is -2.13. The minimum Gasteiger partial charge on any atom is -0.344 e. The number of aromatic nitrogens is 1. The molecule has 1 amide bonds. The summed E-state index contributed by atoms with van der Waals surface area (Å²) in [5.74, 6) is -0.156. The number of hydrogen-bond donors (Lipinski definition) is 2. The average Bonchev–Trinajstić information content (AvgIpc) is 2.88. The van der Waals surface area contributed by atoms with E-state index < -0.39 is 0 Å². The highest BCUT2D eigenvalue weighted by Gasteiger charge is 2.14. The number of hydrogen-bond acceptors (Lipinski definition) is 4. The molecule has 1 atom stereocenters. The predicted molar refractivity (Wildman–Crippen MR) is 92.1 cm³/mol. The van der Waals surface area contributed by atoms with Gasteiger partial charge in [0, 0.05) is 16.3 Å². The molecule has 1 aromatic carbocycles. The highest BCUT2D eigenvalue weighted by molar-refractivity contribution is 9.10. The molecule has 0 saturated carbocycles. The van der Waals surface area contributed by atoms with Crippen LogP contribution in [0.2, 0.25) is 0 Å². The number of carbonyl (C=O) groups is 1. The Morgan fingerprint density at radius 1 is 1.52 bits per heavy atom. The van der Waals surface area contributed by atoms with Crippen LogP contribution in [0.25, 0.3) is 0 Å². The molecule has 114 valence electrons. The van der Waals surface area contributed by atoms with Crippen molar-refractivity contribution in [3.05, 3.63) is 50.4 Å². The normalized spacial score (nSPS) is 11.6. The van der Waals surface area contributed by atoms with Crippen LogP contribution >= 0.6 is 39.7 Å². The molecule has 0 radical (unpaired) electrons. The predicted octanol–water partition coefficient (Wildman–Crippen LogP) is 3.32. The fourth-order valence-corrected chi connectivity index (χ4v) is 2.99. The number of rotatable bonds is 5. The van der Waals surface area contributed by atoms with E-state index >= 15 is 0 Å². The summed E-state index contributed by atoms with van der Waals surface area (Å²) in [5, 5.41) is 5.62. The minimum absolute atomic E-state index is 0. The first-order valence-corrected chi connectivity index (χ1v) is 7.98. The lowest BCUT2D eigenvalue weighted by atomic mass is 10.1. The summed E-state index contributed by atoms with van der Waals surface area (Å²) in [6, 6.07) is 7.81. The molecule has 0 spiro atoms. The van der Waals surface area contributed by atoms with Crippen LogP contribution in [-0.2, 0) is 6.42 Å². The largest absolute Gasteiger partial charge is 0.344 e. The van der Waals surface area contributed by atoms with E-state index in [0.717, 1.165) is 15.0 Å². The Balaban J connectivity index is 0.00000220. The van der Waals surface area contributed by atoms with E-state index in [1.165, 1.54) is 11.3 Å². The van der Waals surface area contributed by atoms with Crippen molar-refractivity contribution >= 4 is 45.6 Å². The van der Waals surface area contributed by atoms with Gasteiger partial charge in [-0.2, -0.15) is 0 Å². The number of nitrogens with two attached hydrogens (primary N) is 1. The molecule has 2 aromatic rings. The van der Waals surface area contributed by atoms with Crippen molar-refractivity contribution in [3.63, 3.8) is 0 Å². The fourth-order valence-electron chi connectivity index (χ4n) is 1.78. The van der Waals surface area contributed by atoms with E-state index in [4.69, 9.17) is 5.73 Å². The zero-order chi connectivity index (χ0) is 14.5. The number of carbonyl (C=O) groups excluding carboxylic acids is 1. The lowest BCUT2D eigenvalue weighted by Crippen LogP contribution is -2.27. The SMILES string of the molecule is CC(NC(=O)c1csc(CCN)n1)c1cccc(Br)c1.Cl. The Kier molecular flexibility index (Phi) is 7.31. The molecular formula is C14H17BrClN3OS. The van der Waals surface area contributed by atoms with Gasteiger partial charge in [-0.25, -0.2) is 4.98 Å². The Morgan fingerprint density at radius 3 is 2.95 bits per heavy atom. The van der Waals surface area contributed by atoms with E-state index in [1.807, 2.05) is 31.2 Å². The van der Waals surface area contributed by atoms with Gasteiger partial charge >= 0.3 is 0 Å². The first-order chi connectivity index (χ1) is 9.60. The summed E-state index contributed by atoms with van der Waals surface area (Å²) >= 11 is 4.90. The Hall–Kier alpha value is -0.950. The second kappa shape index (κ2) is 8.48. The van der Waals surface area contributed by atoms with Crippen molar-refractivity contribution < 1.29 is 4.79 Å². The highest BCUT2D eigenvalue weighted by Crippen LogP contribution is 2.18. The zero-order valence-corrected chi connectivity index (χ0v) is 14.7. The average molecular weight is 391 g/mol. The third-order valence-electron chi connectivity index (χ3n) is 2.84. The molecule has 0 fully saturated rings. The Labute approximate surface area is 142 Å². The van der Waals surface area contributed by atoms with Crippen molar-refractivity contribution in [1.82, 2.24) is 10.3 Å². The molecule has 0 aliphatic carbocycles. The second-order valence-corrected chi connectivity index (χ2v) is 6.27. The maximum Gasteiger partial charge on any atom is 0.271 e. The molecule has 1 aromatic heterocycles. The third kappa shape index (κ3) is 5.07. The van der Waals surface area contributed by atoms with Gasteiger partial charge in [0.2, 0.25) is 0 Å². The van der Waals surface area contributed by atoms with Crippen molar-refractivity contribution in [2.75, 3.05) is 6.54 Å². The van der Waals surface area contributed by atoms with E-state index in [0.29, 0.717) is 18.7 Å². The molecule has 0 aliphatic rings. The number of benzene rings is 1. The standard InChI is InChI=1S/C14H16BrN3OS.ClH/c1-9(10-3-2-4-11(15)7-10)17-14(19)12-8-20-13(18-12)5-6-16;/h2-4,7-9H,5-6,16H2,1H3,(H,17,19);1H. The maximum atomic E-state index is 12.1. The molecule has 21 heavy (non-hydrogen) atoms. The van der Waals surface area contributed by atoms with Crippen LogP contribution in [0.15, 0.2) is 34.1 Å². The summed E-state index contributed by atoms with van der Waals surface area (Å²) in [6.45, 7) is 2.50. The molecule has 1 unspecified atom stereocenters. The topological polar surface area (TPSA) is 68.0 Å². The summed E-state index contributed by atoms with van der Waals surface area (Å²) in [7, 11) is 0. The van der Waals surface area contributed by atoms with Gasteiger partial charge in [-0.15, -0.1) is 23.7 Å². The van der Waals surface area contributed by atoms with Crippen LogP contribution in [0.5, 0.6) is 0 Å². The monoisotopic (exact) mass is 389 g/mol. The number of halogens is 2. The number of nitrogens with one attached hydrogen (secondary N) is 1. The smallest absolute Gasteiger partial charge is 0.271 e. The number of amides is 1. The zero-order valence-electron chi connectivity index (χ0n) is 11.5. The minimum atomic E-state index is -0.156. The van der Waals surface area contributed by atoms with Gasteiger partial charge in [-0.3, -0.25) is 4.79 Å². The van der Waals surface area contributed by atoms with Gasteiger partial charge in [0.1, 0.15) is 5.69 Å². The third-order valence-corrected chi connectivity index (χ3v) is 4.24. The fraction of sp³-hybridized carbons (Fsp3) is 0.286. The molecule has 0 bridgehead atoms. The number of thiazole rings is 1. The molecule has 1 heterocycles. The van der Waals surface area contributed by atoms with E-state index in [-0.39, 0.29) is 24.4 Å². The second-order valence-electron chi connectivity index (χ2n) is 4.42. The molecule has 0 saturated heterocycles. The van der Waals surface area contributed by atoms with Gasteiger partial charge in [0.25, 0.3) is 5.91 Å². The van der Waals surface area contributed by atoms with Crippen LogP contribution in [0.3, 0.4) is 0 Å². The first kappa shape index (κ1) is 18.1. The van der Waals surface area contributed by atoms with Crippen molar-refractivity contribution in [2.45, 2.75) is 19.4 Å². The van der Waals surface area contributed by atoms with Crippen molar-refractivity contribution in [2.24, 2.45) is 5.73 Å². The Bertz CT molecular complexity index is 605. The van der Waals surface area contributed by atoms with Crippen LogP contribution in [0, 0.1) is 0 Å². The molecule has 3 N–H and O–H groups in total. The molecule has 4 nitrogen and oxygen atoms in total. The van der Waals surface area contributed by atoms with Crippen LogP contribution in [-0.4, -0.2) is 17.4 Å². The van der Waals surface area contributed by atoms with Crippen LogP contribution in [0.4, 0.5) is 0 Å². The van der Waals surface area contributed by atoms with Crippen molar-refractivity contribution in [3.8, 4) is 0 Å². The van der Waals surface area contributed by atoms with E-state index in [2.05, 4.69) is 26.2 Å². The van der Waals surface area contributed by atoms with Crippen molar-refractivity contribution in [1.29, 1.82) is 0 Å². The van der Waals surface area contributed by atoms with Crippen LogP contribution in [0.1, 0.15) is 34.0 Å². The summed E-state index contributed by atoms with van der Waals surface area (Å²) < 4.78 is 0.995. The highest BCUT2D eigenvalue weighted by atomic mass is 79.9. The molecule has 2 rings (SSSR count). The van der Waals surface area contributed by atoms with Crippen LogP contribution < -0.4 is 11.1 Å². The van der Waals surface area contributed by atoms with Gasteiger partial charge in [-0.05, 0) is 31.2 Å². The molecular weight excluding hydrogens is 374 g/mol. The summed E-state index contributed by atoms with van der Waals surface area (Å²) in [6.07, 6.45) is 0.707. The van der Waals surface area contributed by atoms with Gasteiger partial charge < -0.3 is 11.1 Å². The summed E-state index contributed by atoms with van der Waals surface area (Å²) in [4.78, 5) is 16.4. The molecule has 0 aliphatic heterocycles. The quantitative estimate of drug-likeness (QED) is 0.823. The molecule has 7 heteroatoms.